The first-order chi connectivity index (χ1) is 10.0. The maximum atomic E-state index is 12.0. The van der Waals surface area contributed by atoms with Crippen LogP contribution < -0.4 is 0 Å². The zero-order valence-electron chi connectivity index (χ0n) is 14.2. The van der Waals surface area contributed by atoms with Gasteiger partial charge in [0.1, 0.15) is 5.60 Å². The Labute approximate surface area is 138 Å². The lowest BCUT2D eigenvalue weighted by molar-refractivity contribution is 0.00564. The molecule has 1 unspecified atom stereocenters. The van der Waals surface area contributed by atoms with Crippen LogP contribution in [0.5, 0.6) is 0 Å². The average molecular weight is 328 g/mol. The van der Waals surface area contributed by atoms with E-state index in [0.717, 1.165) is 11.1 Å². The second kappa shape index (κ2) is 7.34. The van der Waals surface area contributed by atoms with Gasteiger partial charge in [-0.1, -0.05) is 23.7 Å². The van der Waals surface area contributed by atoms with E-state index in [-0.39, 0.29) is 6.04 Å². The lowest BCUT2D eigenvalue weighted by Gasteiger charge is -2.31. The minimum Gasteiger partial charge on any atom is -0.444 e. The highest BCUT2D eigenvalue weighted by Gasteiger charge is 2.27. The number of likely N-dealkylation sites (N-methyl/N-ethyl adjacent to an activating group) is 1. The molecule has 0 aliphatic carbocycles. The molecule has 0 radical (unpaired) electrons. The standard InChI is InChI=1S/C17H26ClNO3/c1-11-9-13(7-8-14(11)18)10-15(20)12(2)19(6)16(21)22-17(3,4)5/h7-9,12,15,20H,10H2,1-6H3/t12-,15?/m0/s1. The number of rotatable bonds is 4. The topological polar surface area (TPSA) is 49.8 Å². The van der Waals surface area contributed by atoms with Crippen LogP contribution in [0.2, 0.25) is 5.02 Å². The van der Waals surface area contributed by atoms with Crippen molar-refractivity contribution in [2.24, 2.45) is 0 Å². The van der Waals surface area contributed by atoms with Crippen molar-refractivity contribution < 1.29 is 14.6 Å². The molecular weight excluding hydrogens is 302 g/mol. The summed E-state index contributed by atoms with van der Waals surface area (Å²) in [6.45, 7) is 9.18. The van der Waals surface area contributed by atoms with Crippen LogP contribution in [-0.2, 0) is 11.2 Å². The Morgan fingerprint density at radius 1 is 1.41 bits per heavy atom. The van der Waals surface area contributed by atoms with E-state index in [9.17, 15) is 9.90 Å². The molecule has 5 heteroatoms. The van der Waals surface area contributed by atoms with Crippen molar-refractivity contribution in [3.63, 3.8) is 0 Å². The van der Waals surface area contributed by atoms with Gasteiger partial charge >= 0.3 is 6.09 Å². The van der Waals surface area contributed by atoms with Gasteiger partial charge in [0.05, 0.1) is 12.1 Å². The monoisotopic (exact) mass is 327 g/mol. The number of aliphatic hydroxyl groups is 1. The summed E-state index contributed by atoms with van der Waals surface area (Å²) in [7, 11) is 1.63. The Balaban J connectivity index is 2.69. The van der Waals surface area contributed by atoms with Gasteiger partial charge in [0, 0.05) is 18.5 Å². The molecule has 0 fully saturated rings. The van der Waals surface area contributed by atoms with Gasteiger partial charge in [-0.05, 0) is 51.8 Å². The Kier molecular flexibility index (Phi) is 6.27. The number of benzene rings is 1. The summed E-state index contributed by atoms with van der Waals surface area (Å²) in [5.74, 6) is 0. The fraction of sp³-hybridized carbons (Fsp3) is 0.588. The zero-order chi connectivity index (χ0) is 17.1. The Morgan fingerprint density at radius 3 is 2.50 bits per heavy atom. The lowest BCUT2D eigenvalue weighted by atomic mass is 10.0. The number of nitrogens with zero attached hydrogens (tertiary/aromatic N) is 1. The highest BCUT2D eigenvalue weighted by atomic mass is 35.5. The summed E-state index contributed by atoms with van der Waals surface area (Å²) in [5, 5.41) is 11.1. The molecule has 0 saturated heterocycles. The Hall–Kier alpha value is -1.26. The molecule has 1 N–H and O–H groups in total. The molecule has 124 valence electrons. The molecule has 0 aromatic heterocycles. The van der Waals surface area contributed by atoms with Crippen LogP contribution in [0.25, 0.3) is 0 Å². The molecule has 0 aliphatic heterocycles. The number of carbonyl (C=O) groups is 1. The number of carbonyl (C=O) groups excluding carboxylic acids is 1. The number of hydrogen-bond acceptors (Lipinski definition) is 3. The smallest absolute Gasteiger partial charge is 0.410 e. The van der Waals surface area contributed by atoms with Crippen molar-refractivity contribution in [2.75, 3.05) is 7.05 Å². The van der Waals surface area contributed by atoms with E-state index in [2.05, 4.69) is 0 Å². The van der Waals surface area contributed by atoms with Gasteiger partial charge in [-0.25, -0.2) is 4.79 Å². The maximum absolute atomic E-state index is 12.0. The van der Waals surface area contributed by atoms with Gasteiger partial charge in [-0.15, -0.1) is 0 Å². The Bertz CT molecular complexity index is 525. The van der Waals surface area contributed by atoms with Crippen LogP contribution in [0, 0.1) is 6.92 Å². The van der Waals surface area contributed by atoms with Gasteiger partial charge < -0.3 is 14.7 Å². The van der Waals surface area contributed by atoms with Crippen molar-refractivity contribution >= 4 is 17.7 Å². The molecule has 22 heavy (non-hydrogen) atoms. The van der Waals surface area contributed by atoms with Crippen LogP contribution in [0.1, 0.15) is 38.8 Å². The average Bonchev–Trinajstić information content (AvgIpc) is 2.39. The van der Waals surface area contributed by atoms with Crippen LogP contribution in [0.15, 0.2) is 18.2 Å². The summed E-state index contributed by atoms with van der Waals surface area (Å²) in [4.78, 5) is 13.5. The van der Waals surface area contributed by atoms with Crippen molar-refractivity contribution in [1.82, 2.24) is 4.90 Å². The fourth-order valence-corrected chi connectivity index (χ4v) is 2.12. The van der Waals surface area contributed by atoms with Crippen LogP contribution in [0.4, 0.5) is 4.79 Å². The Morgan fingerprint density at radius 2 is 2.00 bits per heavy atom. The van der Waals surface area contributed by atoms with E-state index in [1.54, 1.807) is 14.0 Å². The predicted molar refractivity (Wildman–Crippen MR) is 89.4 cm³/mol. The number of amides is 1. The van der Waals surface area contributed by atoms with Gasteiger partial charge in [-0.3, -0.25) is 0 Å². The van der Waals surface area contributed by atoms with Crippen LogP contribution in [-0.4, -0.2) is 40.9 Å². The number of aryl methyl sites for hydroxylation is 1. The SMILES string of the molecule is Cc1cc(CC(O)[C@H](C)N(C)C(=O)OC(C)(C)C)ccc1Cl. The maximum Gasteiger partial charge on any atom is 0.410 e. The molecule has 0 spiro atoms. The highest BCUT2D eigenvalue weighted by Crippen LogP contribution is 2.19. The summed E-state index contributed by atoms with van der Waals surface area (Å²) >= 11 is 6.00. The molecule has 0 bridgehead atoms. The largest absolute Gasteiger partial charge is 0.444 e. The summed E-state index contributed by atoms with van der Waals surface area (Å²) < 4.78 is 5.31. The van der Waals surface area contributed by atoms with Gasteiger partial charge in [0.15, 0.2) is 0 Å². The molecule has 0 heterocycles. The number of halogens is 1. The molecule has 0 saturated carbocycles. The molecular formula is C17H26ClNO3. The number of aliphatic hydroxyl groups excluding tert-OH is 1. The second-order valence-corrected chi connectivity index (χ2v) is 7.09. The second-order valence-electron chi connectivity index (χ2n) is 6.69. The number of hydrogen-bond donors (Lipinski definition) is 1. The van der Waals surface area contributed by atoms with E-state index < -0.39 is 17.8 Å². The predicted octanol–water partition coefficient (Wildman–Crippen LogP) is 3.81. The minimum absolute atomic E-state index is 0.356. The number of ether oxygens (including phenoxy) is 1. The molecule has 2 atom stereocenters. The normalized spacial score (nSPS) is 14.4. The van der Waals surface area contributed by atoms with Crippen molar-refractivity contribution in [3.05, 3.63) is 34.3 Å². The third kappa shape index (κ3) is 5.50. The van der Waals surface area contributed by atoms with Crippen LogP contribution >= 0.6 is 11.6 Å². The summed E-state index contributed by atoms with van der Waals surface area (Å²) in [5.41, 5.74) is 1.40. The van der Waals surface area contributed by atoms with Gasteiger partial charge in [0.25, 0.3) is 0 Å². The highest BCUT2D eigenvalue weighted by molar-refractivity contribution is 6.31. The van der Waals surface area contributed by atoms with Crippen molar-refractivity contribution in [3.8, 4) is 0 Å². The first-order valence-electron chi connectivity index (χ1n) is 7.40. The molecule has 1 amide bonds. The van der Waals surface area contributed by atoms with Crippen LogP contribution in [0.3, 0.4) is 0 Å². The van der Waals surface area contributed by atoms with Gasteiger partial charge in [0.2, 0.25) is 0 Å². The molecule has 4 nitrogen and oxygen atoms in total. The zero-order valence-corrected chi connectivity index (χ0v) is 14.9. The van der Waals surface area contributed by atoms with E-state index in [1.807, 2.05) is 45.9 Å². The fourth-order valence-electron chi connectivity index (χ4n) is 2.00. The molecule has 1 aromatic carbocycles. The molecule has 1 aromatic rings. The molecule has 0 aliphatic rings. The van der Waals surface area contributed by atoms with Crippen molar-refractivity contribution in [2.45, 2.75) is 58.8 Å². The lowest BCUT2D eigenvalue weighted by Crippen LogP contribution is -2.45. The van der Waals surface area contributed by atoms with E-state index in [0.29, 0.717) is 11.4 Å². The third-order valence-corrected chi connectivity index (χ3v) is 3.94. The molecule has 1 rings (SSSR count). The first-order valence-corrected chi connectivity index (χ1v) is 7.78. The van der Waals surface area contributed by atoms with Gasteiger partial charge in [-0.2, -0.15) is 0 Å². The first kappa shape index (κ1) is 18.8. The third-order valence-electron chi connectivity index (χ3n) is 3.52. The van der Waals surface area contributed by atoms with Crippen molar-refractivity contribution in [1.29, 1.82) is 0 Å². The van der Waals surface area contributed by atoms with E-state index >= 15 is 0 Å². The summed E-state index contributed by atoms with van der Waals surface area (Å²) in [6.07, 6.45) is -0.670. The van der Waals surface area contributed by atoms with E-state index in [4.69, 9.17) is 16.3 Å². The minimum atomic E-state index is -0.682. The summed E-state index contributed by atoms with van der Waals surface area (Å²) in [6, 6.07) is 5.30. The quantitative estimate of drug-likeness (QED) is 0.915. The van der Waals surface area contributed by atoms with E-state index in [1.165, 1.54) is 4.90 Å².